The summed E-state index contributed by atoms with van der Waals surface area (Å²) in [4.78, 5) is 18.5. The fraction of sp³-hybridized carbons (Fsp3) is 0.190. The Morgan fingerprint density at radius 3 is 2.78 bits per heavy atom. The highest BCUT2D eigenvalue weighted by Crippen LogP contribution is 2.20. The van der Waals surface area contributed by atoms with E-state index in [4.69, 9.17) is 0 Å². The minimum atomic E-state index is -0.112. The van der Waals surface area contributed by atoms with Crippen LogP contribution in [0.4, 0.5) is 0 Å². The van der Waals surface area contributed by atoms with E-state index in [0.29, 0.717) is 12.2 Å². The molecule has 136 valence electrons. The number of aromatic nitrogens is 4. The molecular weight excluding hydrogens is 338 g/mol. The maximum Gasteiger partial charge on any atom is 0.274 e. The number of carbonyl (C=O) groups excluding carboxylic acids is 1. The van der Waals surface area contributed by atoms with Crippen molar-refractivity contribution in [3.63, 3.8) is 0 Å². The molecule has 0 unspecified atom stereocenters. The van der Waals surface area contributed by atoms with Crippen molar-refractivity contribution >= 4 is 16.8 Å². The SMILES string of the molecule is C[C@H](c1ccncc1)N(C)C(=O)c1cc(Cn2ccc3ccccc32)[nH]n1. The smallest absolute Gasteiger partial charge is 0.274 e. The summed E-state index contributed by atoms with van der Waals surface area (Å²) >= 11 is 0. The molecule has 0 saturated carbocycles. The Bertz CT molecular complexity index is 1070. The first-order chi connectivity index (χ1) is 13.1. The third kappa shape index (κ3) is 3.33. The van der Waals surface area contributed by atoms with Gasteiger partial charge in [0, 0.05) is 31.2 Å². The molecule has 0 fully saturated rings. The number of carbonyl (C=O) groups is 1. The van der Waals surface area contributed by atoms with Crippen LogP contribution in [0.5, 0.6) is 0 Å². The van der Waals surface area contributed by atoms with E-state index in [0.717, 1.165) is 16.8 Å². The van der Waals surface area contributed by atoms with Gasteiger partial charge in [-0.2, -0.15) is 5.10 Å². The summed E-state index contributed by atoms with van der Waals surface area (Å²) in [6, 6.07) is 15.9. The molecule has 0 spiro atoms. The zero-order chi connectivity index (χ0) is 18.8. The highest BCUT2D eigenvalue weighted by atomic mass is 16.2. The van der Waals surface area contributed by atoms with Crippen molar-refractivity contribution in [2.24, 2.45) is 0 Å². The van der Waals surface area contributed by atoms with Crippen molar-refractivity contribution in [1.29, 1.82) is 0 Å². The normalized spacial score (nSPS) is 12.2. The number of benzene rings is 1. The summed E-state index contributed by atoms with van der Waals surface area (Å²) < 4.78 is 2.14. The minimum absolute atomic E-state index is 0.0611. The largest absolute Gasteiger partial charge is 0.341 e. The molecular formula is C21H21N5O. The maximum absolute atomic E-state index is 12.8. The standard InChI is InChI=1S/C21H21N5O/c1-15(16-7-10-22-11-8-16)25(2)21(27)19-13-18(23-24-19)14-26-12-9-17-5-3-4-6-20(17)26/h3-13,15H,14H2,1-2H3,(H,23,24)/t15-/m1/s1. The van der Waals surface area contributed by atoms with Gasteiger partial charge in [0.05, 0.1) is 18.3 Å². The molecule has 0 aliphatic carbocycles. The number of rotatable bonds is 5. The number of nitrogens with one attached hydrogen (secondary N) is 1. The predicted molar refractivity (Wildman–Crippen MR) is 104 cm³/mol. The summed E-state index contributed by atoms with van der Waals surface area (Å²) in [5, 5.41) is 8.42. The van der Waals surface area contributed by atoms with E-state index < -0.39 is 0 Å². The van der Waals surface area contributed by atoms with Crippen molar-refractivity contribution in [1.82, 2.24) is 24.6 Å². The number of hydrogen-bond donors (Lipinski definition) is 1. The molecule has 0 aliphatic heterocycles. The van der Waals surface area contributed by atoms with Gasteiger partial charge in [-0.15, -0.1) is 0 Å². The Labute approximate surface area is 157 Å². The van der Waals surface area contributed by atoms with E-state index in [-0.39, 0.29) is 11.9 Å². The van der Waals surface area contributed by atoms with Gasteiger partial charge < -0.3 is 9.47 Å². The van der Waals surface area contributed by atoms with Crippen LogP contribution >= 0.6 is 0 Å². The molecule has 0 bridgehead atoms. The number of fused-ring (bicyclic) bond motifs is 1. The number of para-hydroxylation sites is 1. The summed E-state index contributed by atoms with van der Waals surface area (Å²) in [5.74, 6) is -0.112. The van der Waals surface area contributed by atoms with Crippen LogP contribution in [0.1, 0.15) is 34.7 Å². The molecule has 1 aromatic carbocycles. The van der Waals surface area contributed by atoms with Gasteiger partial charge in [0.2, 0.25) is 0 Å². The third-order valence-corrected chi connectivity index (χ3v) is 4.96. The molecule has 27 heavy (non-hydrogen) atoms. The molecule has 1 amide bonds. The molecule has 3 heterocycles. The summed E-state index contributed by atoms with van der Waals surface area (Å²) in [6.07, 6.45) is 5.51. The second-order valence-corrected chi connectivity index (χ2v) is 6.65. The predicted octanol–water partition coefficient (Wildman–Crippen LogP) is 3.64. The fourth-order valence-electron chi connectivity index (χ4n) is 3.24. The topological polar surface area (TPSA) is 66.8 Å². The lowest BCUT2D eigenvalue weighted by Crippen LogP contribution is -2.29. The number of aromatic amines is 1. The number of nitrogens with zero attached hydrogens (tertiary/aromatic N) is 4. The van der Waals surface area contributed by atoms with E-state index in [9.17, 15) is 4.79 Å². The zero-order valence-electron chi connectivity index (χ0n) is 15.3. The number of H-pyrrole nitrogens is 1. The lowest BCUT2D eigenvalue weighted by molar-refractivity contribution is 0.0736. The van der Waals surface area contributed by atoms with Crippen molar-refractivity contribution in [2.75, 3.05) is 7.05 Å². The van der Waals surface area contributed by atoms with E-state index in [1.807, 2.05) is 43.5 Å². The van der Waals surface area contributed by atoms with Crippen LogP contribution in [0.15, 0.2) is 67.1 Å². The Morgan fingerprint density at radius 1 is 1.19 bits per heavy atom. The Morgan fingerprint density at radius 2 is 1.96 bits per heavy atom. The molecule has 4 aromatic rings. The first-order valence-corrected chi connectivity index (χ1v) is 8.89. The van der Waals surface area contributed by atoms with Gasteiger partial charge in [-0.3, -0.25) is 14.9 Å². The number of amides is 1. The first kappa shape index (κ1) is 17.0. The van der Waals surface area contributed by atoms with Crippen molar-refractivity contribution in [2.45, 2.75) is 19.5 Å². The van der Waals surface area contributed by atoms with Crippen LogP contribution < -0.4 is 0 Å². The Hall–Kier alpha value is -3.41. The third-order valence-electron chi connectivity index (χ3n) is 4.96. The maximum atomic E-state index is 12.8. The van der Waals surface area contributed by atoms with E-state index in [1.165, 1.54) is 5.39 Å². The van der Waals surface area contributed by atoms with Crippen LogP contribution in [0.25, 0.3) is 10.9 Å². The summed E-state index contributed by atoms with van der Waals surface area (Å²) in [7, 11) is 1.79. The van der Waals surface area contributed by atoms with Gasteiger partial charge in [0.25, 0.3) is 5.91 Å². The van der Waals surface area contributed by atoms with Crippen molar-refractivity contribution in [3.05, 3.63) is 84.1 Å². The van der Waals surface area contributed by atoms with E-state index in [2.05, 4.69) is 37.9 Å². The summed E-state index contributed by atoms with van der Waals surface area (Å²) in [6.45, 7) is 2.63. The molecule has 6 nitrogen and oxygen atoms in total. The molecule has 1 N–H and O–H groups in total. The van der Waals surface area contributed by atoms with Crippen LogP contribution in [0.2, 0.25) is 0 Å². The lowest BCUT2D eigenvalue weighted by atomic mass is 10.1. The molecule has 0 saturated heterocycles. The summed E-state index contributed by atoms with van der Waals surface area (Å²) in [5.41, 5.74) is 3.51. The monoisotopic (exact) mass is 359 g/mol. The van der Waals surface area contributed by atoms with Crippen LogP contribution in [-0.4, -0.2) is 37.6 Å². The average molecular weight is 359 g/mol. The molecule has 4 rings (SSSR count). The molecule has 6 heteroatoms. The molecule has 0 aliphatic rings. The van der Waals surface area contributed by atoms with Gasteiger partial charge in [0.1, 0.15) is 5.69 Å². The zero-order valence-corrected chi connectivity index (χ0v) is 15.3. The average Bonchev–Trinajstić information content (AvgIpc) is 3.35. The van der Waals surface area contributed by atoms with Gasteiger partial charge in [0.15, 0.2) is 0 Å². The minimum Gasteiger partial charge on any atom is -0.341 e. The van der Waals surface area contributed by atoms with Crippen molar-refractivity contribution in [3.8, 4) is 0 Å². The molecule has 1 atom stereocenters. The van der Waals surface area contributed by atoms with E-state index >= 15 is 0 Å². The second-order valence-electron chi connectivity index (χ2n) is 6.65. The van der Waals surface area contributed by atoms with Gasteiger partial charge in [-0.25, -0.2) is 0 Å². The fourth-order valence-corrected chi connectivity index (χ4v) is 3.24. The first-order valence-electron chi connectivity index (χ1n) is 8.89. The van der Waals surface area contributed by atoms with Crippen molar-refractivity contribution < 1.29 is 4.79 Å². The van der Waals surface area contributed by atoms with Gasteiger partial charge >= 0.3 is 0 Å². The van der Waals surface area contributed by atoms with Gasteiger partial charge in [-0.05, 0) is 48.2 Å². The quantitative estimate of drug-likeness (QED) is 0.591. The van der Waals surface area contributed by atoms with Gasteiger partial charge in [-0.1, -0.05) is 18.2 Å². The number of hydrogen-bond acceptors (Lipinski definition) is 3. The lowest BCUT2D eigenvalue weighted by Gasteiger charge is -2.24. The van der Waals surface area contributed by atoms with Crippen LogP contribution in [0.3, 0.4) is 0 Å². The Kier molecular flexibility index (Phi) is 4.46. The highest BCUT2D eigenvalue weighted by molar-refractivity contribution is 5.92. The molecule has 3 aromatic heterocycles. The second kappa shape index (κ2) is 7.07. The Balaban J connectivity index is 1.51. The van der Waals surface area contributed by atoms with Crippen LogP contribution in [-0.2, 0) is 6.54 Å². The molecule has 0 radical (unpaired) electrons. The highest BCUT2D eigenvalue weighted by Gasteiger charge is 2.21. The van der Waals surface area contributed by atoms with E-state index in [1.54, 1.807) is 24.3 Å². The number of pyridine rings is 1. The van der Waals surface area contributed by atoms with Crippen LogP contribution in [0, 0.1) is 0 Å².